The summed E-state index contributed by atoms with van der Waals surface area (Å²) < 4.78 is 5.81. The molecule has 0 saturated heterocycles. The Morgan fingerprint density at radius 3 is 2.65 bits per heavy atom. The van der Waals surface area contributed by atoms with Gasteiger partial charge in [0, 0.05) is 24.3 Å². The van der Waals surface area contributed by atoms with Gasteiger partial charge in [0.25, 0.3) is 0 Å². The Morgan fingerprint density at radius 2 is 2.06 bits per heavy atom. The molecule has 3 nitrogen and oxygen atoms in total. The zero-order chi connectivity index (χ0) is 12.5. The van der Waals surface area contributed by atoms with Gasteiger partial charge in [0.1, 0.15) is 5.60 Å². The number of nitrogens with one attached hydrogen (secondary N) is 1. The van der Waals surface area contributed by atoms with Crippen LogP contribution in [0.4, 0.5) is 0 Å². The van der Waals surface area contributed by atoms with E-state index in [0.29, 0.717) is 0 Å². The van der Waals surface area contributed by atoms with Crippen LogP contribution in [0.15, 0.2) is 12.1 Å². The fourth-order valence-corrected chi connectivity index (χ4v) is 1.72. The second-order valence-corrected chi connectivity index (χ2v) is 5.82. The summed E-state index contributed by atoms with van der Waals surface area (Å²) in [6.45, 7) is 9.04. The molecule has 0 spiro atoms. The summed E-state index contributed by atoms with van der Waals surface area (Å²) in [6, 6.07) is 4.88. The fourth-order valence-electron chi connectivity index (χ4n) is 1.72. The van der Waals surface area contributed by atoms with Crippen LogP contribution in [-0.4, -0.2) is 16.6 Å². The average molecular weight is 234 g/mol. The largest absolute Gasteiger partial charge is 0.472 e. The van der Waals surface area contributed by atoms with Gasteiger partial charge in [-0.25, -0.2) is 4.98 Å². The Bertz CT molecular complexity index is 392. The predicted molar refractivity (Wildman–Crippen MR) is 69.2 cm³/mol. The number of aromatic nitrogens is 1. The van der Waals surface area contributed by atoms with Crippen LogP contribution in [-0.2, 0) is 6.54 Å². The van der Waals surface area contributed by atoms with Gasteiger partial charge >= 0.3 is 0 Å². The van der Waals surface area contributed by atoms with Crippen LogP contribution in [0.5, 0.6) is 5.88 Å². The summed E-state index contributed by atoms with van der Waals surface area (Å²) in [4.78, 5) is 4.41. The fraction of sp³-hybridized carbons (Fsp3) is 0.643. The van der Waals surface area contributed by atoms with Gasteiger partial charge in [-0.15, -0.1) is 0 Å². The lowest BCUT2D eigenvalue weighted by molar-refractivity contribution is 0.124. The van der Waals surface area contributed by atoms with E-state index >= 15 is 0 Å². The highest BCUT2D eigenvalue weighted by Gasteiger charge is 2.20. The van der Waals surface area contributed by atoms with Crippen LogP contribution in [0, 0.1) is 6.92 Å². The molecule has 0 aromatic carbocycles. The van der Waals surface area contributed by atoms with Crippen LogP contribution in [0.25, 0.3) is 0 Å². The lowest BCUT2D eigenvalue weighted by Crippen LogP contribution is -2.24. The average Bonchev–Trinajstić information content (AvgIpc) is 2.94. The summed E-state index contributed by atoms with van der Waals surface area (Å²) in [5.41, 5.74) is 2.07. The van der Waals surface area contributed by atoms with Crippen LogP contribution in [0.3, 0.4) is 0 Å². The van der Waals surface area contributed by atoms with E-state index in [4.69, 9.17) is 4.74 Å². The lowest BCUT2D eigenvalue weighted by Gasteiger charge is -2.21. The molecule has 0 amide bonds. The van der Waals surface area contributed by atoms with Crippen molar-refractivity contribution in [3.63, 3.8) is 0 Å². The van der Waals surface area contributed by atoms with E-state index in [1.807, 2.05) is 33.8 Å². The third kappa shape index (κ3) is 4.35. The molecule has 94 valence electrons. The van der Waals surface area contributed by atoms with Gasteiger partial charge in [-0.2, -0.15) is 0 Å². The van der Waals surface area contributed by atoms with Crippen LogP contribution in [0.2, 0.25) is 0 Å². The monoisotopic (exact) mass is 234 g/mol. The number of hydrogen-bond acceptors (Lipinski definition) is 3. The minimum Gasteiger partial charge on any atom is -0.472 e. The summed E-state index contributed by atoms with van der Waals surface area (Å²) >= 11 is 0. The third-order valence-corrected chi connectivity index (χ3v) is 2.57. The van der Waals surface area contributed by atoms with E-state index in [2.05, 4.69) is 16.4 Å². The zero-order valence-corrected chi connectivity index (χ0v) is 11.2. The predicted octanol–water partition coefficient (Wildman–Crippen LogP) is 2.82. The quantitative estimate of drug-likeness (QED) is 0.870. The molecular weight excluding hydrogens is 212 g/mol. The summed E-state index contributed by atoms with van der Waals surface area (Å²) in [7, 11) is 0. The third-order valence-electron chi connectivity index (χ3n) is 2.57. The normalized spacial score (nSPS) is 16.0. The molecule has 0 unspecified atom stereocenters. The first-order valence-electron chi connectivity index (χ1n) is 6.32. The molecule has 0 atom stereocenters. The van der Waals surface area contributed by atoms with E-state index in [1.54, 1.807) is 0 Å². The Kier molecular flexibility index (Phi) is 3.38. The van der Waals surface area contributed by atoms with Crippen LogP contribution < -0.4 is 10.1 Å². The number of ether oxygens (including phenoxy) is 1. The molecule has 0 radical (unpaired) electrons. The highest BCUT2D eigenvalue weighted by atomic mass is 16.5. The van der Waals surface area contributed by atoms with Gasteiger partial charge in [0.05, 0.1) is 0 Å². The molecular formula is C14H22N2O. The molecule has 1 heterocycles. The molecule has 1 aromatic rings. The smallest absolute Gasteiger partial charge is 0.214 e. The molecule has 1 fully saturated rings. The number of nitrogens with zero attached hydrogens (tertiary/aromatic N) is 1. The van der Waals surface area contributed by atoms with Crippen molar-refractivity contribution < 1.29 is 4.74 Å². The Labute approximate surface area is 104 Å². The second kappa shape index (κ2) is 4.65. The SMILES string of the molecule is Cc1cc(CNC2CC2)cc(OC(C)(C)C)n1. The Hall–Kier alpha value is -1.09. The van der Waals surface area contributed by atoms with Crippen molar-refractivity contribution in [1.29, 1.82) is 0 Å². The highest BCUT2D eigenvalue weighted by molar-refractivity contribution is 5.25. The van der Waals surface area contributed by atoms with E-state index in [-0.39, 0.29) is 5.60 Å². The molecule has 0 bridgehead atoms. The molecule has 0 aliphatic heterocycles. The standard InChI is InChI=1S/C14H22N2O/c1-10-7-11(9-15-12-5-6-12)8-13(16-10)17-14(2,3)4/h7-8,12,15H,5-6,9H2,1-4H3. The number of hydrogen-bond donors (Lipinski definition) is 1. The minimum absolute atomic E-state index is 0.192. The van der Waals surface area contributed by atoms with Crippen molar-refractivity contribution in [2.75, 3.05) is 0 Å². The summed E-state index contributed by atoms with van der Waals surface area (Å²) in [5.74, 6) is 0.727. The molecule has 2 rings (SSSR count). The molecule has 1 aliphatic carbocycles. The number of rotatable bonds is 4. The minimum atomic E-state index is -0.192. The van der Waals surface area contributed by atoms with Crippen molar-refractivity contribution >= 4 is 0 Å². The molecule has 1 aliphatic rings. The van der Waals surface area contributed by atoms with Crippen molar-refractivity contribution in [3.8, 4) is 5.88 Å². The second-order valence-electron chi connectivity index (χ2n) is 5.82. The van der Waals surface area contributed by atoms with Crippen molar-refractivity contribution in [2.45, 2.75) is 58.7 Å². The van der Waals surface area contributed by atoms with Crippen LogP contribution >= 0.6 is 0 Å². The van der Waals surface area contributed by atoms with Crippen molar-refractivity contribution in [2.24, 2.45) is 0 Å². The Morgan fingerprint density at radius 1 is 1.35 bits per heavy atom. The molecule has 3 heteroatoms. The highest BCUT2D eigenvalue weighted by Crippen LogP contribution is 2.21. The van der Waals surface area contributed by atoms with Gasteiger partial charge < -0.3 is 10.1 Å². The Balaban J connectivity index is 2.04. The van der Waals surface area contributed by atoms with Gasteiger partial charge in [-0.05, 0) is 52.2 Å². The van der Waals surface area contributed by atoms with E-state index in [0.717, 1.165) is 24.2 Å². The first-order valence-corrected chi connectivity index (χ1v) is 6.32. The lowest BCUT2D eigenvalue weighted by atomic mass is 10.2. The molecule has 1 aromatic heterocycles. The maximum Gasteiger partial charge on any atom is 0.214 e. The number of aryl methyl sites for hydroxylation is 1. The van der Waals surface area contributed by atoms with Crippen molar-refractivity contribution in [1.82, 2.24) is 10.3 Å². The zero-order valence-electron chi connectivity index (χ0n) is 11.2. The number of pyridine rings is 1. The molecule has 1 saturated carbocycles. The van der Waals surface area contributed by atoms with Gasteiger partial charge in [0.15, 0.2) is 0 Å². The topological polar surface area (TPSA) is 34.1 Å². The van der Waals surface area contributed by atoms with E-state index in [9.17, 15) is 0 Å². The summed E-state index contributed by atoms with van der Waals surface area (Å²) in [5, 5.41) is 3.51. The van der Waals surface area contributed by atoms with Gasteiger partial charge in [-0.1, -0.05) is 0 Å². The van der Waals surface area contributed by atoms with Gasteiger partial charge in [0.2, 0.25) is 5.88 Å². The van der Waals surface area contributed by atoms with Crippen LogP contribution in [0.1, 0.15) is 44.9 Å². The van der Waals surface area contributed by atoms with E-state index < -0.39 is 0 Å². The van der Waals surface area contributed by atoms with Gasteiger partial charge in [-0.3, -0.25) is 0 Å². The first kappa shape index (κ1) is 12.4. The maximum absolute atomic E-state index is 5.81. The van der Waals surface area contributed by atoms with E-state index in [1.165, 1.54) is 18.4 Å². The first-order chi connectivity index (χ1) is 7.92. The molecule has 1 N–H and O–H groups in total. The molecule has 17 heavy (non-hydrogen) atoms. The van der Waals surface area contributed by atoms with Crippen molar-refractivity contribution in [3.05, 3.63) is 23.4 Å². The summed E-state index contributed by atoms with van der Waals surface area (Å²) in [6.07, 6.45) is 2.63. The maximum atomic E-state index is 5.81.